The fraction of sp³-hybridized carbons (Fsp3) is 0.562. The molecule has 4 rings (SSSR count). The molecule has 2 aromatic rings. The van der Waals surface area contributed by atoms with Crippen LogP contribution in [-0.4, -0.2) is 59.9 Å². The molecule has 1 atom stereocenters. The molecule has 7 heteroatoms. The van der Waals surface area contributed by atoms with Gasteiger partial charge in [0.15, 0.2) is 0 Å². The number of hydrogen-bond acceptors (Lipinski definition) is 7. The van der Waals surface area contributed by atoms with Crippen LogP contribution in [0.1, 0.15) is 24.8 Å². The third-order valence-electron chi connectivity index (χ3n) is 4.59. The Morgan fingerprint density at radius 2 is 2.04 bits per heavy atom. The van der Waals surface area contributed by atoms with Gasteiger partial charge in [0.05, 0.1) is 19.3 Å². The van der Waals surface area contributed by atoms with Crippen LogP contribution in [0.25, 0.3) is 11.4 Å². The third-order valence-corrected chi connectivity index (χ3v) is 4.59. The first-order valence-corrected chi connectivity index (χ1v) is 8.14. The Morgan fingerprint density at radius 1 is 1.17 bits per heavy atom. The summed E-state index contributed by atoms with van der Waals surface area (Å²) in [5, 5.41) is 4.12. The number of anilines is 1. The lowest BCUT2D eigenvalue weighted by atomic mass is 10.2. The molecule has 2 saturated heterocycles. The zero-order chi connectivity index (χ0) is 15.6. The summed E-state index contributed by atoms with van der Waals surface area (Å²) in [5.74, 6) is 2.29. The first-order valence-electron chi connectivity index (χ1n) is 8.14. The summed E-state index contributed by atoms with van der Waals surface area (Å²) in [4.78, 5) is 13.6. The highest BCUT2D eigenvalue weighted by Gasteiger charge is 2.28. The summed E-state index contributed by atoms with van der Waals surface area (Å²) in [6, 6.07) is 4.26. The molecule has 0 unspecified atom stereocenters. The van der Waals surface area contributed by atoms with E-state index in [1.807, 2.05) is 18.3 Å². The molecule has 122 valence electrons. The van der Waals surface area contributed by atoms with Crippen molar-refractivity contribution < 1.29 is 9.26 Å². The van der Waals surface area contributed by atoms with E-state index in [4.69, 9.17) is 9.26 Å². The van der Waals surface area contributed by atoms with Crippen molar-refractivity contribution in [3.8, 4) is 11.4 Å². The van der Waals surface area contributed by atoms with Crippen molar-refractivity contribution in [1.29, 1.82) is 0 Å². The topological polar surface area (TPSA) is 67.5 Å². The van der Waals surface area contributed by atoms with Gasteiger partial charge in [-0.3, -0.25) is 4.90 Å². The summed E-state index contributed by atoms with van der Waals surface area (Å²) in [6.45, 7) is 4.36. The van der Waals surface area contributed by atoms with E-state index >= 15 is 0 Å². The molecule has 0 aliphatic carbocycles. The van der Waals surface area contributed by atoms with Crippen LogP contribution in [0.3, 0.4) is 0 Å². The molecule has 0 N–H and O–H groups in total. The standard InChI is InChI=1S/C16H21N5O2/c1-20-6-2-3-13(20)16-18-15(19-23-16)12-4-5-14(17-11-12)21-7-9-22-10-8-21/h4-5,11,13H,2-3,6-10H2,1H3/t13-/m0/s1. The van der Waals surface area contributed by atoms with Gasteiger partial charge in [0.1, 0.15) is 5.82 Å². The molecule has 23 heavy (non-hydrogen) atoms. The molecule has 0 bridgehead atoms. The minimum Gasteiger partial charge on any atom is -0.378 e. The van der Waals surface area contributed by atoms with Crippen LogP contribution in [0.5, 0.6) is 0 Å². The number of nitrogens with zero attached hydrogens (tertiary/aromatic N) is 5. The fourth-order valence-electron chi connectivity index (χ4n) is 3.21. The molecule has 2 aromatic heterocycles. The van der Waals surface area contributed by atoms with Crippen molar-refractivity contribution in [3.05, 3.63) is 24.2 Å². The van der Waals surface area contributed by atoms with Gasteiger partial charge in [0.25, 0.3) is 0 Å². The van der Waals surface area contributed by atoms with Crippen LogP contribution in [-0.2, 0) is 4.74 Å². The van der Waals surface area contributed by atoms with Crippen LogP contribution in [0.2, 0.25) is 0 Å². The Kier molecular flexibility index (Phi) is 3.97. The summed E-state index contributed by atoms with van der Waals surface area (Å²) in [5.41, 5.74) is 0.887. The van der Waals surface area contributed by atoms with Crippen molar-refractivity contribution in [2.75, 3.05) is 44.8 Å². The highest BCUT2D eigenvalue weighted by atomic mass is 16.5. The van der Waals surface area contributed by atoms with Gasteiger partial charge in [0, 0.05) is 24.8 Å². The van der Waals surface area contributed by atoms with E-state index in [2.05, 4.69) is 32.0 Å². The van der Waals surface area contributed by atoms with E-state index in [0.717, 1.165) is 50.7 Å². The largest absolute Gasteiger partial charge is 0.378 e. The SMILES string of the molecule is CN1CCC[C@H]1c1nc(-c2ccc(N3CCOCC3)nc2)no1. The van der Waals surface area contributed by atoms with Crippen LogP contribution in [0, 0.1) is 0 Å². The van der Waals surface area contributed by atoms with Gasteiger partial charge in [0.2, 0.25) is 11.7 Å². The summed E-state index contributed by atoms with van der Waals surface area (Å²) in [7, 11) is 2.10. The van der Waals surface area contributed by atoms with Crippen LogP contribution in [0.4, 0.5) is 5.82 Å². The molecule has 0 radical (unpaired) electrons. The zero-order valence-electron chi connectivity index (χ0n) is 13.3. The Balaban J connectivity index is 1.50. The second-order valence-corrected chi connectivity index (χ2v) is 6.10. The first-order chi connectivity index (χ1) is 11.3. The molecule has 0 aromatic carbocycles. The molecular formula is C16H21N5O2. The Morgan fingerprint density at radius 3 is 2.74 bits per heavy atom. The van der Waals surface area contributed by atoms with Crippen LogP contribution in [0.15, 0.2) is 22.9 Å². The molecule has 4 heterocycles. The Labute approximate surface area is 135 Å². The van der Waals surface area contributed by atoms with Crippen LogP contribution < -0.4 is 4.90 Å². The molecule has 2 fully saturated rings. The van der Waals surface area contributed by atoms with E-state index in [-0.39, 0.29) is 6.04 Å². The van der Waals surface area contributed by atoms with Crippen molar-refractivity contribution in [2.45, 2.75) is 18.9 Å². The minimum absolute atomic E-state index is 0.247. The summed E-state index contributed by atoms with van der Waals surface area (Å²) in [6.07, 6.45) is 4.07. The van der Waals surface area contributed by atoms with E-state index < -0.39 is 0 Å². The highest BCUT2D eigenvalue weighted by molar-refractivity contribution is 5.56. The quantitative estimate of drug-likeness (QED) is 0.854. The number of ether oxygens (including phenoxy) is 1. The molecule has 0 saturated carbocycles. The van der Waals surface area contributed by atoms with E-state index in [9.17, 15) is 0 Å². The van der Waals surface area contributed by atoms with Crippen molar-refractivity contribution in [2.24, 2.45) is 0 Å². The second kappa shape index (κ2) is 6.25. The molecule has 0 spiro atoms. The number of morpholine rings is 1. The minimum atomic E-state index is 0.247. The van der Waals surface area contributed by atoms with Gasteiger partial charge < -0.3 is 14.2 Å². The maximum atomic E-state index is 5.46. The number of hydrogen-bond donors (Lipinski definition) is 0. The lowest BCUT2D eigenvalue weighted by Crippen LogP contribution is -2.36. The molecule has 2 aliphatic heterocycles. The first kappa shape index (κ1) is 14.6. The number of pyridine rings is 1. The van der Waals surface area contributed by atoms with Crippen molar-refractivity contribution in [3.63, 3.8) is 0 Å². The second-order valence-electron chi connectivity index (χ2n) is 6.10. The number of rotatable bonds is 3. The summed E-state index contributed by atoms with van der Waals surface area (Å²) >= 11 is 0. The van der Waals surface area contributed by atoms with E-state index in [1.54, 1.807) is 0 Å². The monoisotopic (exact) mass is 315 g/mol. The summed E-state index contributed by atoms with van der Waals surface area (Å²) < 4.78 is 10.8. The van der Waals surface area contributed by atoms with Crippen LogP contribution >= 0.6 is 0 Å². The van der Waals surface area contributed by atoms with Gasteiger partial charge in [-0.25, -0.2) is 4.98 Å². The smallest absolute Gasteiger partial charge is 0.244 e. The normalized spacial score (nSPS) is 22.7. The molecule has 7 nitrogen and oxygen atoms in total. The third kappa shape index (κ3) is 2.94. The van der Waals surface area contributed by atoms with Gasteiger partial charge in [-0.1, -0.05) is 5.16 Å². The lowest BCUT2D eigenvalue weighted by Gasteiger charge is -2.27. The average Bonchev–Trinajstić information content (AvgIpc) is 3.24. The number of aromatic nitrogens is 3. The molecule has 0 amide bonds. The van der Waals surface area contributed by atoms with Crippen molar-refractivity contribution >= 4 is 5.82 Å². The average molecular weight is 315 g/mol. The highest BCUT2D eigenvalue weighted by Crippen LogP contribution is 2.30. The number of likely N-dealkylation sites (tertiary alicyclic amines) is 1. The lowest BCUT2D eigenvalue weighted by molar-refractivity contribution is 0.122. The van der Waals surface area contributed by atoms with E-state index in [1.165, 1.54) is 6.42 Å². The Hall–Kier alpha value is -1.99. The predicted molar refractivity (Wildman–Crippen MR) is 85.2 cm³/mol. The molecule has 2 aliphatic rings. The van der Waals surface area contributed by atoms with Gasteiger partial charge in [-0.2, -0.15) is 4.98 Å². The van der Waals surface area contributed by atoms with Gasteiger partial charge >= 0.3 is 0 Å². The van der Waals surface area contributed by atoms with E-state index in [0.29, 0.717) is 11.7 Å². The van der Waals surface area contributed by atoms with Gasteiger partial charge in [-0.05, 0) is 38.6 Å². The predicted octanol–water partition coefficient (Wildman–Crippen LogP) is 1.73. The zero-order valence-corrected chi connectivity index (χ0v) is 13.3. The van der Waals surface area contributed by atoms with Gasteiger partial charge in [-0.15, -0.1) is 0 Å². The van der Waals surface area contributed by atoms with Crippen molar-refractivity contribution in [1.82, 2.24) is 20.0 Å². The maximum absolute atomic E-state index is 5.46. The fourth-order valence-corrected chi connectivity index (χ4v) is 3.21. The maximum Gasteiger partial charge on any atom is 0.244 e. The molecular weight excluding hydrogens is 294 g/mol. The Bertz CT molecular complexity index is 651.